The summed E-state index contributed by atoms with van der Waals surface area (Å²) in [6.45, 7) is 7.66. The molecule has 0 aliphatic carbocycles. The number of nitrogens with two attached hydrogens (primary N) is 1. The third-order valence-electron chi connectivity index (χ3n) is 3.68. The standard InChI is InChI=1S/C18H23N5/c1-6-7-16-12(2)20-13(3)21-18(16)17(22-19)14-8-10-15(11-9-14)23(4)5/h6,8-11H,1,7,19H2,2-5H3/b22-17+. The molecule has 2 N–H and O–H groups in total. The third kappa shape index (κ3) is 3.56. The Morgan fingerprint density at radius 2 is 1.87 bits per heavy atom. The van der Waals surface area contributed by atoms with Crippen molar-refractivity contribution < 1.29 is 0 Å². The second kappa shape index (κ2) is 7.05. The Morgan fingerprint density at radius 3 is 2.39 bits per heavy atom. The van der Waals surface area contributed by atoms with Crippen molar-refractivity contribution in [1.29, 1.82) is 0 Å². The van der Waals surface area contributed by atoms with Gasteiger partial charge < -0.3 is 10.7 Å². The summed E-state index contributed by atoms with van der Waals surface area (Å²) in [5, 5.41) is 4.01. The van der Waals surface area contributed by atoms with E-state index < -0.39 is 0 Å². The van der Waals surface area contributed by atoms with Crippen LogP contribution in [0.1, 0.15) is 28.3 Å². The van der Waals surface area contributed by atoms with E-state index in [1.54, 1.807) is 0 Å². The van der Waals surface area contributed by atoms with Crippen molar-refractivity contribution in [3.8, 4) is 0 Å². The normalized spacial score (nSPS) is 11.4. The average molecular weight is 309 g/mol. The van der Waals surface area contributed by atoms with Gasteiger partial charge in [-0.25, -0.2) is 9.97 Å². The molecule has 0 radical (unpaired) electrons. The van der Waals surface area contributed by atoms with Crippen LogP contribution < -0.4 is 10.7 Å². The monoisotopic (exact) mass is 309 g/mol. The van der Waals surface area contributed by atoms with Crippen molar-refractivity contribution >= 4 is 11.4 Å². The van der Waals surface area contributed by atoms with Gasteiger partial charge in [-0.15, -0.1) is 6.58 Å². The zero-order valence-electron chi connectivity index (χ0n) is 14.2. The van der Waals surface area contributed by atoms with Crippen LogP contribution in [-0.4, -0.2) is 29.8 Å². The van der Waals surface area contributed by atoms with E-state index in [4.69, 9.17) is 5.84 Å². The fraction of sp³-hybridized carbons (Fsp3) is 0.278. The highest BCUT2D eigenvalue weighted by Gasteiger charge is 2.16. The zero-order chi connectivity index (χ0) is 17.0. The van der Waals surface area contributed by atoms with Crippen LogP contribution in [0.15, 0.2) is 42.0 Å². The Labute approximate surface area is 137 Å². The van der Waals surface area contributed by atoms with Gasteiger partial charge >= 0.3 is 0 Å². The SMILES string of the molecule is C=CCc1c(C)nc(C)nc1/C(=N/N)c1ccc(N(C)C)cc1. The first-order valence-electron chi connectivity index (χ1n) is 7.49. The summed E-state index contributed by atoms with van der Waals surface area (Å²) in [6.07, 6.45) is 2.52. The molecule has 2 rings (SSSR count). The Bertz CT molecular complexity index is 730. The van der Waals surface area contributed by atoms with Gasteiger partial charge in [0, 0.05) is 36.6 Å². The number of hydrogen-bond acceptors (Lipinski definition) is 5. The van der Waals surface area contributed by atoms with E-state index in [1.165, 1.54) is 0 Å². The second-order valence-electron chi connectivity index (χ2n) is 5.60. The minimum Gasteiger partial charge on any atom is -0.378 e. The first kappa shape index (κ1) is 16.7. The van der Waals surface area contributed by atoms with Crippen LogP contribution in [0.5, 0.6) is 0 Å². The number of benzene rings is 1. The predicted molar refractivity (Wildman–Crippen MR) is 96.0 cm³/mol. The largest absolute Gasteiger partial charge is 0.378 e. The lowest BCUT2D eigenvalue weighted by Gasteiger charge is -2.15. The fourth-order valence-corrected chi connectivity index (χ4v) is 2.51. The maximum Gasteiger partial charge on any atom is 0.126 e. The highest BCUT2D eigenvalue weighted by Crippen LogP contribution is 2.19. The molecule has 0 bridgehead atoms. The Kier molecular flexibility index (Phi) is 5.11. The molecule has 5 nitrogen and oxygen atoms in total. The average Bonchev–Trinajstić information content (AvgIpc) is 2.51. The van der Waals surface area contributed by atoms with Crippen molar-refractivity contribution in [2.45, 2.75) is 20.3 Å². The number of allylic oxidation sites excluding steroid dienone is 1. The van der Waals surface area contributed by atoms with Crippen molar-refractivity contribution in [2.75, 3.05) is 19.0 Å². The molecular weight excluding hydrogens is 286 g/mol. The molecule has 120 valence electrons. The number of aryl methyl sites for hydroxylation is 2. The van der Waals surface area contributed by atoms with Crippen LogP contribution in [0.4, 0.5) is 5.69 Å². The van der Waals surface area contributed by atoms with Gasteiger partial charge in [0.1, 0.15) is 11.5 Å². The number of hydrazone groups is 1. The lowest BCUT2D eigenvalue weighted by molar-refractivity contribution is 0.955. The van der Waals surface area contributed by atoms with Gasteiger partial charge in [-0.05, 0) is 32.4 Å². The minimum absolute atomic E-state index is 0.667. The van der Waals surface area contributed by atoms with Crippen LogP contribution in [0.3, 0.4) is 0 Å². The molecule has 2 aromatic rings. The summed E-state index contributed by atoms with van der Waals surface area (Å²) >= 11 is 0. The van der Waals surface area contributed by atoms with Crippen LogP contribution >= 0.6 is 0 Å². The van der Waals surface area contributed by atoms with Crippen molar-refractivity contribution in [3.05, 3.63) is 65.3 Å². The number of anilines is 1. The predicted octanol–water partition coefficient (Wildman–Crippen LogP) is 2.60. The van der Waals surface area contributed by atoms with Gasteiger partial charge in [-0.2, -0.15) is 5.10 Å². The lowest BCUT2D eigenvalue weighted by Crippen LogP contribution is -2.15. The molecule has 1 heterocycles. The van der Waals surface area contributed by atoms with Gasteiger partial charge in [0.25, 0.3) is 0 Å². The summed E-state index contributed by atoms with van der Waals surface area (Å²) in [5.41, 5.74) is 5.42. The molecule has 0 spiro atoms. The first-order valence-corrected chi connectivity index (χ1v) is 7.49. The highest BCUT2D eigenvalue weighted by atomic mass is 15.1. The van der Waals surface area contributed by atoms with Crippen LogP contribution in [0, 0.1) is 13.8 Å². The summed E-state index contributed by atoms with van der Waals surface area (Å²) in [7, 11) is 4.01. The van der Waals surface area contributed by atoms with Crippen LogP contribution in [0.25, 0.3) is 0 Å². The zero-order valence-corrected chi connectivity index (χ0v) is 14.2. The molecule has 0 atom stereocenters. The van der Waals surface area contributed by atoms with Crippen molar-refractivity contribution in [2.24, 2.45) is 10.9 Å². The van der Waals surface area contributed by atoms with Crippen LogP contribution in [0.2, 0.25) is 0 Å². The summed E-state index contributed by atoms with van der Waals surface area (Å²) in [6, 6.07) is 8.08. The Balaban J connectivity index is 2.55. The van der Waals surface area contributed by atoms with Crippen molar-refractivity contribution in [1.82, 2.24) is 9.97 Å². The third-order valence-corrected chi connectivity index (χ3v) is 3.68. The van der Waals surface area contributed by atoms with Gasteiger partial charge in [0.15, 0.2) is 0 Å². The maximum absolute atomic E-state index is 5.69. The smallest absolute Gasteiger partial charge is 0.126 e. The number of nitrogens with zero attached hydrogens (tertiary/aromatic N) is 4. The van der Waals surface area contributed by atoms with E-state index in [-0.39, 0.29) is 0 Å². The van der Waals surface area contributed by atoms with E-state index >= 15 is 0 Å². The van der Waals surface area contributed by atoms with Gasteiger partial charge in [-0.3, -0.25) is 0 Å². The van der Waals surface area contributed by atoms with Gasteiger partial charge in [0.2, 0.25) is 0 Å². The molecule has 1 aromatic heterocycles. The van der Waals surface area contributed by atoms with E-state index in [2.05, 4.69) is 21.6 Å². The van der Waals surface area contributed by atoms with E-state index in [0.717, 1.165) is 28.2 Å². The molecule has 0 unspecified atom stereocenters. The molecule has 0 aliphatic rings. The Morgan fingerprint density at radius 1 is 1.22 bits per heavy atom. The van der Waals surface area contributed by atoms with Crippen LogP contribution in [-0.2, 0) is 6.42 Å². The molecular formula is C18H23N5. The quantitative estimate of drug-likeness (QED) is 0.399. The first-order chi connectivity index (χ1) is 11.0. The Hall–Kier alpha value is -2.69. The topological polar surface area (TPSA) is 67.4 Å². The molecule has 0 saturated carbocycles. The fourth-order valence-electron chi connectivity index (χ4n) is 2.51. The maximum atomic E-state index is 5.69. The molecule has 1 aromatic carbocycles. The molecule has 23 heavy (non-hydrogen) atoms. The molecule has 0 fully saturated rings. The van der Waals surface area contributed by atoms with E-state index in [9.17, 15) is 0 Å². The molecule has 0 saturated heterocycles. The second-order valence-corrected chi connectivity index (χ2v) is 5.60. The number of rotatable bonds is 5. The summed E-state index contributed by atoms with van der Waals surface area (Å²) < 4.78 is 0. The minimum atomic E-state index is 0.667. The lowest BCUT2D eigenvalue weighted by atomic mass is 9.99. The van der Waals surface area contributed by atoms with Gasteiger partial charge in [-0.1, -0.05) is 18.2 Å². The summed E-state index contributed by atoms with van der Waals surface area (Å²) in [4.78, 5) is 11.1. The molecule has 5 heteroatoms. The number of hydrogen-bond donors (Lipinski definition) is 1. The highest BCUT2D eigenvalue weighted by molar-refractivity contribution is 6.12. The van der Waals surface area contributed by atoms with Gasteiger partial charge in [0.05, 0.1) is 5.69 Å². The van der Waals surface area contributed by atoms with E-state index in [1.807, 2.05) is 63.2 Å². The number of aromatic nitrogens is 2. The summed E-state index contributed by atoms with van der Waals surface area (Å²) in [5.74, 6) is 6.40. The van der Waals surface area contributed by atoms with Crippen molar-refractivity contribution in [3.63, 3.8) is 0 Å². The molecule has 0 aliphatic heterocycles. The van der Waals surface area contributed by atoms with E-state index in [0.29, 0.717) is 18.0 Å². The molecule has 0 amide bonds.